The lowest BCUT2D eigenvalue weighted by Gasteiger charge is -2.29. The summed E-state index contributed by atoms with van der Waals surface area (Å²) in [5.41, 5.74) is 2.29. The van der Waals surface area contributed by atoms with E-state index >= 15 is 0 Å². The first kappa shape index (κ1) is 20.3. The Balaban J connectivity index is 1.31. The number of fused-ring (bicyclic) bond motifs is 1. The summed E-state index contributed by atoms with van der Waals surface area (Å²) in [7, 11) is 0. The molecule has 3 N–H and O–H groups in total. The zero-order valence-electron chi connectivity index (χ0n) is 16.2. The van der Waals surface area contributed by atoms with E-state index in [2.05, 4.69) is 20.9 Å². The number of rotatable bonds is 8. The van der Waals surface area contributed by atoms with Gasteiger partial charge in [0.1, 0.15) is 6.54 Å². The number of benzene rings is 1. The minimum Gasteiger partial charge on any atom is -0.352 e. The smallest absolute Gasteiger partial charge is 0.322 e. The number of urea groups is 1. The van der Waals surface area contributed by atoms with Gasteiger partial charge in [-0.3, -0.25) is 19.5 Å². The molecule has 0 unspecified atom stereocenters. The predicted octanol–water partition coefficient (Wildman–Crippen LogP) is 2.43. The largest absolute Gasteiger partial charge is 0.352 e. The topological polar surface area (TPSA) is 103 Å². The van der Waals surface area contributed by atoms with Gasteiger partial charge in [-0.05, 0) is 36.6 Å². The van der Waals surface area contributed by atoms with Crippen molar-refractivity contribution in [2.24, 2.45) is 0 Å². The molecule has 0 aliphatic carbocycles. The number of aromatic nitrogens is 1. The number of hydrogen-bond donors (Lipinski definition) is 3. The van der Waals surface area contributed by atoms with Gasteiger partial charge in [-0.15, -0.1) is 0 Å². The molecule has 29 heavy (non-hydrogen) atoms. The maximum atomic E-state index is 12.4. The molecule has 0 atom stereocenters. The van der Waals surface area contributed by atoms with Crippen molar-refractivity contribution >= 4 is 29.2 Å². The molecule has 0 saturated carbocycles. The maximum Gasteiger partial charge on any atom is 0.322 e. The standard InChI is InChI=1S/C21H25N5O3/c27-19(24-14-16-7-6-11-22-13-16)10-2-1-5-12-23-21(29)26-15-20(28)25-17-8-3-4-9-18(17)26/h3-4,6-9,11,13H,1-2,5,10,12,14-15H2,(H,23,29)(H,24,27)(H,25,28). The van der Waals surface area contributed by atoms with Crippen molar-refractivity contribution in [3.63, 3.8) is 0 Å². The van der Waals surface area contributed by atoms with Gasteiger partial charge in [-0.25, -0.2) is 4.79 Å². The molecule has 0 fully saturated rings. The molecule has 8 heteroatoms. The monoisotopic (exact) mass is 395 g/mol. The lowest BCUT2D eigenvalue weighted by Crippen LogP contribution is -2.47. The van der Waals surface area contributed by atoms with Crippen LogP contribution in [0.5, 0.6) is 0 Å². The van der Waals surface area contributed by atoms with Gasteiger partial charge in [-0.2, -0.15) is 0 Å². The summed E-state index contributed by atoms with van der Waals surface area (Å²) < 4.78 is 0. The van der Waals surface area contributed by atoms with Crippen molar-refractivity contribution in [3.05, 3.63) is 54.4 Å². The SMILES string of the molecule is O=C(CCCCCNC(=O)N1CC(=O)Nc2ccccc21)NCc1cccnc1. The molecular formula is C21H25N5O3. The van der Waals surface area contributed by atoms with Gasteiger partial charge in [-0.1, -0.05) is 24.6 Å². The van der Waals surface area contributed by atoms with Crippen LogP contribution in [0.4, 0.5) is 16.2 Å². The number of amides is 4. The number of carbonyl (C=O) groups is 3. The van der Waals surface area contributed by atoms with Gasteiger partial charge in [0.25, 0.3) is 0 Å². The summed E-state index contributed by atoms with van der Waals surface area (Å²) in [4.78, 5) is 41.5. The van der Waals surface area contributed by atoms with Crippen molar-refractivity contribution in [1.82, 2.24) is 15.6 Å². The summed E-state index contributed by atoms with van der Waals surface area (Å²) >= 11 is 0. The van der Waals surface area contributed by atoms with Crippen molar-refractivity contribution in [3.8, 4) is 0 Å². The molecule has 1 aromatic heterocycles. The zero-order chi connectivity index (χ0) is 20.5. The third-order valence-electron chi connectivity index (χ3n) is 4.59. The predicted molar refractivity (Wildman–Crippen MR) is 110 cm³/mol. The molecule has 1 aliphatic heterocycles. The Labute approximate surface area is 169 Å². The van der Waals surface area contributed by atoms with Crippen LogP contribution in [-0.4, -0.2) is 35.9 Å². The molecule has 1 aliphatic rings. The van der Waals surface area contributed by atoms with E-state index in [-0.39, 0.29) is 24.4 Å². The van der Waals surface area contributed by atoms with E-state index in [9.17, 15) is 14.4 Å². The fourth-order valence-corrected chi connectivity index (χ4v) is 3.08. The molecule has 8 nitrogen and oxygen atoms in total. The van der Waals surface area contributed by atoms with Crippen molar-refractivity contribution < 1.29 is 14.4 Å². The molecule has 2 heterocycles. The van der Waals surface area contributed by atoms with Crippen molar-refractivity contribution in [2.75, 3.05) is 23.3 Å². The Morgan fingerprint density at radius 2 is 1.93 bits per heavy atom. The third-order valence-corrected chi connectivity index (χ3v) is 4.59. The van der Waals surface area contributed by atoms with Crippen molar-refractivity contribution in [2.45, 2.75) is 32.2 Å². The van der Waals surface area contributed by atoms with Gasteiger partial charge in [0.15, 0.2) is 0 Å². The second kappa shape index (κ2) is 10.2. The second-order valence-corrected chi connectivity index (χ2v) is 6.83. The van der Waals surface area contributed by atoms with Gasteiger partial charge in [0.05, 0.1) is 11.4 Å². The summed E-state index contributed by atoms with van der Waals surface area (Å²) in [6.07, 6.45) is 6.23. The Bertz CT molecular complexity index is 856. The van der Waals surface area contributed by atoms with Crippen molar-refractivity contribution in [1.29, 1.82) is 0 Å². The van der Waals surface area contributed by atoms with Crippen LogP contribution in [0.2, 0.25) is 0 Å². The number of nitrogens with one attached hydrogen (secondary N) is 3. The Hall–Kier alpha value is -3.42. The first-order chi connectivity index (χ1) is 14.1. The lowest BCUT2D eigenvalue weighted by molar-refractivity contribution is -0.121. The van der Waals surface area contributed by atoms with Crippen LogP contribution in [0, 0.1) is 0 Å². The zero-order valence-corrected chi connectivity index (χ0v) is 16.2. The summed E-state index contributed by atoms with van der Waals surface area (Å²) in [5.74, 6) is -0.204. The number of anilines is 2. The van der Waals surface area contributed by atoms with E-state index in [4.69, 9.17) is 0 Å². The number of carbonyl (C=O) groups excluding carboxylic acids is 3. The molecule has 0 saturated heterocycles. The van der Waals surface area contributed by atoms with Crippen LogP contribution in [0.3, 0.4) is 0 Å². The number of hydrogen-bond acceptors (Lipinski definition) is 4. The van der Waals surface area contributed by atoms with Gasteiger partial charge in [0, 0.05) is 31.9 Å². The van der Waals surface area contributed by atoms with Crippen LogP contribution in [0.1, 0.15) is 31.2 Å². The molecule has 0 spiro atoms. The van der Waals surface area contributed by atoms with E-state index in [0.29, 0.717) is 30.9 Å². The Morgan fingerprint density at radius 3 is 2.76 bits per heavy atom. The number of para-hydroxylation sites is 2. The van der Waals surface area contributed by atoms with Crippen LogP contribution >= 0.6 is 0 Å². The normalized spacial score (nSPS) is 12.7. The second-order valence-electron chi connectivity index (χ2n) is 6.83. The molecule has 0 bridgehead atoms. The average molecular weight is 395 g/mol. The summed E-state index contributed by atoms with van der Waals surface area (Å²) in [5, 5.41) is 8.48. The van der Waals surface area contributed by atoms with E-state index in [0.717, 1.165) is 24.8 Å². The number of nitrogens with zero attached hydrogens (tertiary/aromatic N) is 2. The minimum absolute atomic E-state index is 0.0000474. The molecule has 3 rings (SSSR count). The molecule has 0 radical (unpaired) electrons. The third kappa shape index (κ3) is 6.03. The van der Waals surface area contributed by atoms with E-state index < -0.39 is 0 Å². The van der Waals surface area contributed by atoms with E-state index in [1.165, 1.54) is 4.90 Å². The van der Waals surface area contributed by atoms with Crippen LogP contribution in [0.25, 0.3) is 0 Å². The van der Waals surface area contributed by atoms with E-state index in [1.807, 2.05) is 24.3 Å². The first-order valence-electron chi connectivity index (χ1n) is 9.73. The quantitative estimate of drug-likeness (QED) is 0.597. The highest BCUT2D eigenvalue weighted by Crippen LogP contribution is 2.28. The number of unbranched alkanes of at least 4 members (excludes halogenated alkanes) is 2. The number of pyridine rings is 1. The lowest BCUT2D eigenvalue weighted by atomic mass is 10.2. The molecule has 4 amide bonds. The first-order valence-corrected chi connectivity index (χ1v) is 9.73. The average Bonchev–Trinajstić information content (AvgIpc) is 2.74. The molecule has 1 aromatic carbocycles. The molecular weight excluding hydrogens is 370 g/mol. The highest BCUT2D eigenvalue weighted by atomic mass is 16.2. The van der Waals surface area contributed by atoms with E-state index in [1.54, 1.807) is 24.5 Å². The van der Waals surface area contributed by atoms with Crippen LogP contribution in [0.15, 0.2) is 48.8 Å². The minimum atomic E-state index is -0.290. The summed E-state index contributed by atoms with van der Waals surface area (Å²) in [6, 6.07) is 10.7. The van der Waals surface area contributed by atoms with Gasteiger partial charge in [0.2, 0.25) is 11.8 Å². The highest BCUT2D eigenvalue weighted by molar-refractivity contribution is 6.09. The van der Waals surface area contributed by atoms with Crippen LogP contribution in [-0.2, 0) is 16.1 Å². The Morgan fingerprint density at radius 1 is 1.07 bits per heavy atom. The van der Waals surface area contributed by atoms with Gasteiger partial charge >= 0.3 is 6.03 Å². The summed E-state index contributed by atoms with van der Waals surface area (Å²) in [6.45, 7) is 0.976. The molecule has 2 aromatic rings. The fraction of sp³-hybridized carbons (Fsp3) is 0.333. The fourth-order valence-electron chi connectivity index (χ4n) is 3.08. The Kier molecular flexibility index (Phi) is 7.16. The van der Waals surface area contributed by atoms with Gasteiger partial charge < -0.3 is 16.0 Å². The maximum absolute atomic E-state index is 12.4. The molecule has 152 valence electrons. The van der Waals surface area contributed by atoms with Crippen LogP contribution < -0.4 is 20.9 Å². The highest BCUT2D eigenvalue weighted by Gasteiger charge is 2.26.